The molecular weight excluding hydrogens is 268 g/mol. The van der Waals surface area contributed by atoms with Crippen molar-refractivity contribution in [2.45, 2.75) is 17.5 Å². The van der Waals surface area contributed by atoms with E-state index in [4.69, 9.17) is 4.42 Å². The minimum absolute atomic E-state index is 0.441. The Kier molecular flexibility index (Phi) is 4.23. The number of hydrogen-bond acceptors (Lipinski definition) is 6. The van der Waals surface area contributed by atoms with E-state index in [-0.39, 0.29) is 0 Å². The van der Waals surface area contributed by atoms with Gasteiger partial charge in [0.05, 0.1) is 12.3 Å². The molecule has 0 saturated heterocycles. The molecule has 0 aliphatic carbocycles. The minimum atomic E-state index is -0.782. The van der Waals surface area contributed by atoms with Crippen molar-refractivity contribution in [1.29, 1.82) is 0 Å². The molecule has 0 saturated carbocycles. The van der Waals surface area contributed by atoms with E-state index in [9.17, 15) is 9.59 Å². The lowest BCUT2D eigenvalue weighted by Crippen LogP contribution is -2.33. The monoisotopic (exact) mass is 282 g/mol. The predicted octanol–water partition coefficient (Wildman–Crippen LogP) is 0.0733. The third-order valence-electron chi connectivity index (χ3n) is 2.36. The SMILES string of the molecule is CNCc1ccc(CSc2nc(=O)c(=O)[nH]n2C)o1. The molecule has 2 aromatic rings. The molecule has 0 spiro atoms. The van der Waals surface area contributed by atoms with Crippen LogP contribution in [0.2, 0.25) is 0 Å². The van der Waals surface area contributed by atoms with Crippen molar-refractivity contribution in [1.82, 2.24) is 20.1 Å². The van der Waals surface area contributed by atoms with Crippen molar-refractivity contribution >= 4 is 11.8 Å². The maximum absolute atomic E-state index is 11.2. The standard InChI is InChI=1S/C11H14N4O3S/c1-12-5-7-3-4-8(18-7)6-19-11-13-9(16)10(17)14-15(11)2/h3-4,12H,5-6H2,1-2H3,(H,14,17). The van der Waals surface area contributed by atoms with Crippen LogP contribution in [0.3, 0.4) is 0 Å². The van der Waals surface area contributed by atoms with E-state index in [1.807, 2.05) is 19.2 Å². The number of nitrogens with zero attached hydrogens (tertiary/aromatic N) is 2. The Morgan fingerprint density at radius 2 is 2.16 bits per heavy atom. The molecule has 2 rings (SSSR count). The lowest BCUT2D eigenvalue weighted by Gasteiger charge is -2.04. The summed E-state index contributed by atoms with van der Waals surface area (Å²) in [6.45, 7) is 0.667. The van der Waals surface area contributed by atoms with Gasteiger partial charge in [-0.15, -0.1) is 0 Å². The van der Waals surface area contributed by atoms with E-state index in [0.29, 0.717) is 17.5 Å². The van der Waals surface area contributed by atoms with E-state index < -0.39 is 11.1 Å². The molecule has 8 heteroatoms. The Morgan fingerprint density at radius 1 is 1.42 bits per heavy atom. The topological polar surface area (TPSA) is 92.9 Å². The van der Waals surface area contributed by atoms with Crippen LogP contribution in [0.15, 0.2) is 31.3 Å². The predicted molar refractivity (Wildman–Crippen MR) is 71.1 cm³/mol. The van der Waals surface area contributed by atoms with Crippen molar-refractivity contribution in [3.05, 3.63) is 44.4 Å². The van der Waals surface area contributed by atoms with Gasteiger partial charge in [-0.25, -0.2) is 0 Å². The quantitative estimate of drug-likeness (QED) is 0.595. The Morgan fingerprint density at radius 3 is 2.89 bits per heavy atom. The largest absolute Gasteiger partial charge is 0.464 e. The molecule has 2 N–H and O–H groups in total. The summed E-state index contributed by atoms with van der Waals surface area (Å²) in [4.78, 5) is 25.9. The fourth-order valence-electron chi connectivity index (χ4n) is 1.49. The molecule has 0 aliphatic rings. The molecule has 0 aromatic carbocycles. The average Bonchev–Trinajstić information content (AvgIpc) is 2.80. The van der Waals surface area contributed by atoms with E-state index >= 15 is 0 Å². The molecule has 7 nitrogen and oxygen atoms in total. The number of nitrogens with one attached hydrogen (secondary N) is 2. The maximum atomic E-state index is 11.2. The number of rotatable bonds is 5. The molecule has 0 radical (unpaired) electrons. The van der Waals surface area contributed by atoms with Crippen molar-refractivity contribution in [2.75, 3.05) is 7.05 Å². The summed E-state index contributed by atoms with van der Waals surface area (Å²) in [5.41, 5.74) is -1.50. The smallest absolute Gasteiger partial charge is 0.339 e. The summed E-state index contributed by atoms with van der Waals surface area (Å²) in [6.07, 6.45) is 0. The third kappa shape index (κ3) is 3.36. The van der Waals surface area contributed by atoms with Crippen LogP contribution in [0, 0.1) is 0 Å². The molecule has 0 amide bonds. The zero-order valence-corrected chi connectivity index (χ0v) is 11.4. The van der Waals surface area contributed by atoms with E-state index in [1.165, 1.54) is 16.4 Å². The Balaban J connectivity index is 2.07. The van der Waals surface area contributed by atoms with Gasteiger partial charge in [0.1, 0.15) is 11.5 Å². The van der Waals surface area contributed by atoms with Crippen molar-refractivity contribution in [3.63, 3.8) is 0 Å². The lowest BCUT2D eigenvalue weighted by atomic mass is 10.4. The van der Waals surface area contributed by atoms with Gasteiger partial charge in [0, 0.05) is 7.05 Å². The molecular formula is C11H14N4O3S. The van der Waals surface area contributed by atoms with Crippen LogP contribution in [0.25, 0.3) is 0 Å². The lowest BCUT2D eigenvalue weighted by molar-refractivity contribution is 0.468. The maximum Gasteiger partial charge on any atom is 0.339 e. The molecule has 0 bridgehead atoms. The fourth-order valence-corrected chi connectivity index (χ4v) is 2.31. The number of thioether (sulfide) groups is 1. The van der Waals surface area contributed by atoms with E-state index in [1.54, 1.807) is 7.05 Å². The summed E-state index contributed by atoms with van der Waals surface area (Å²) in [6, 6.07) is 3.77. The van der Waals surface area contributed by atoms with Gasteiger partial charge in [-0.1, -0.05) is 11.8 Å². The minimum Gasteiger partial charge on any atom is -0.464 e. The summed E-state index contributed by atoms with van der Waals surface area (Å²) in [5.74, 6) is 2.17. The highest BCUT2D eigenvalue weighted by Gasteiger charge is 2.07. The van der Waals surface area contributed by atoms with Gasteiger partial charge in [0.15, 0.2) is 5.16 Å². The molecule has 102 valence electrons. The molecule has 2 heterocycles. The highest BCUT2D eigenvalue weighted by Crippen LogP contribution is 2.20. The first kappa shape index (κ1) is 13.6. The molecule has 0 unspecified atom stereocenters. The van der Waals surface area contributed by atoms with Gasteiger partial charge in [-0.05, 0) is 19.2 Å². The Bertz CT molecular complexity index is 673. The van der Waals surface area contributed by atoms with Crippen LogP contribution < -0.4 is 16.4 Å². The van der Waals surface area contributed by atoms with Crippen LogP contribution in [-0.2, 0) is 19.3 Å². The number of hydrogen-bond donors (Lipinski definition) is 2. The molecule has 2 aromatic heterocycles. The first-order valence-electron chi connectivity index (χ1n) is 5.62. The molecule has 19 heavy (non-hydrogen) atoms. The Hall–Kier alpha value is -1.80. The van der Waals surface area contributed by atoms with Gasteiger partial charge in [0.2, 0.25) is 0 Å². The zero-order chi connectivity index (χ0) is 13.8. The number of aromatic amines is 1. The third-order valence-corrected chi connectivity index (χ3v) is 3.41. The first-order valence-corrected chi connectivity index (χ1v) is 6.61. The summed E-state index contributed by atoms with van der Waals surface area (Å²) < 4.78 is 6.99. The summed E-state index contributed by atoms with van der Waals surface area (Å²) in [7, 11) is 3.47. The van der Waals surface area contributed by atoms with E-state index in [0.717, 1.165) is 11.5 Å². The van der Waals surface area contributed by atoms with Gasteiger partial charge in [-0.3, -0.25) is 19.4 Å². The Labute approximate surface area is 113 Å². The summed E-state index contributed by atoms with van der Waals surface area (Å²) >= 11 is 1.32. The van der Waals surface area contributed by atoms with Crippen LogP contribution in [-0.4, -0.2) is 21.8 Å². The van der Waals surface area contributed by atoms with Crippen molar-refractivity contribution < 1.29 is 4.42 Å². The van der Waals surface area contributed by atoms with Crippen molar-refractivity contribution in [2.24, 2.45) is 7.05 Å². The number of aryl methyl sites for hydroxylation is 1. The van der Waals surface area contributed by atoms with Crippen LogP contribution in [0.4, 0.5) is 0 Å². The van der Waals surface area contributed by atoms with Crippen LogP contribution in [0.1, 0.15) is 11.5 Å². The highest BCUT2D eigenvalue weighted by atomic mass is 32.2. The first-order chi connectivity index (χ1) is 9.10. The van der Waals surface area contributed by atoms with Gasteiger partial charge in [0.25, 0.3) is 0 Å². The van der Waals surface area contributed by atoms with Gasteiger partial charge in [-0.2, -0.15) is 4.98 Å². The van der Waals surface area contributed by atoms with Gasteiger partial charge >= 0.3 is 11.1 Å². The highest BCUT2D eigenvalue weighted by molar-refractivity contribution is 7.98. The molecule has 0 fully saturated rings. The molecule has 0 atom stereocenters. The normalized spacial score (nSPS) is 10.8. The summed E-state index contributed by atoms with van der Waals surface area (Å²) in [5, 5.41) is 5.83. The van der Waals surface area contributed by atoms with Crippen LogP contribution in [0.5, 0.6) is 0 Å². The second kappa shape index (κ2) is 5.89. The zero-order valence-electron chi connectivity index (χ0n) is 10.6. The number of furan rings is 1. The second-order valence-corrected chi connectivity index (χ2v) is 4.83. The average molecular weight is 282 g/mol. The van der Waals surface area contributed by atoms with Crippen molar-refractivity contribution in [3.8, 4) is 0 Å². The fraction of sp³-hybridized carbons (Fsp3) is 0.364. The van der Waals surface area contributed by atoms with E-state index in [2.05, 4.69) is 15.4 Å². The number of H-pyrrole nitrogens is 1. The molecule has 0 aliphatic heterocycles. The van der Waals surface area contributed by atoms with Crippen LogP contribution >= 0.6 is 11.8 Å². The second-order valence-electron chi connectivity index (χ2n) is 3.89. The number of aromatic nitrogens is 3. The van der Waals surface area contributed by atoms with Gasteiger partial charge < -0.3 is 9.73 Å².